The minimum atomic E-state index is -0.158. The van der Waals surface area contributed by atoms with Gasteiger partial charge in [0, 0.05) is 5.56 Å². The summed E-state index contributed by atoms with van der Waals surface area (Å²) in [6.07, 6.45) is 2.61. The molecule has 0 saturated heterocycles. The van der Waals surface area contributed by atoms with Gasteiger partial charge in [-0.3, -0.25) is 4.79 Å². The lowest BCUT2D eigenvalue weighted by atomic mass is 10.1. The van der Waals surface area contributed by atoms with E-state index in [1.807, 2.05) is 12.3 Å². The van der Waals surface area contributed by atoms with Crippen LogP contribution in [0.3, 0.4) is 0 Å². The fraction of sp³-hybridized carbons (Fsp3) is 0.357. The Labute approximate surface area is 141 Å². The molecule has 3 rings (SSSR count). The van der Waals surface area contributed by atoms with Gasteiger partial charge in [0.2, 0.25) is 5.16 Å². The molecule has 0 N–H and O–H groups in total. The molecule has 1 aliphatic carbocycles. The molecule has 0 amide bonds. The Hall–Kier alpha value is -1.25. The van der Waals surface area contributed by atoms with Crippen LogP contribution in [0.5, 0.6) is 11.5 Å². The first-order valence-electron chi connectivity index (χ1n) is 6.49. The van der Waals surface area contributed by atoms with Gasteiger partial charge in [-0.1, -0.05) is 23.5 Å². The minimum absolute atomic E-state index is 0.113. The summed E-state index contributed by atoms with van der Waals surface area (Å²) in [4.78, 5) is 17.0. The van der Waals surface area contributed by atoms with Crippen molar-refractivity contribution in [1.82, 2.24) is 9.36 Å². The highest BCUT2D eigenvalue weighted by atomic mass is 32.2. The van der Waals surface area contributed by atoms with Crippen LogP contribution < -0.4 is 9.47 Å². The van der Waals surface area contributed by atoms with Gasteiger partial charge in [-0.05, 0) is 41.9 Å². The number of ketones is 1. The molecule has 0 saturated carbocycles. The van der Waals surface area contributed by atoms with Crippen LogP contribution in [-0.4, -0.2) is 40.9 Å². The summed E-state index contributed by atoms with van der Waals surface area (Å²) in [6, 6.07) is 3.66. The number of hydrogen-bond acceptors (Lipinski definition) is 8. The first-order chi connectivity index (χ1) is 10.7. The minimum Gasteiger partial charge on any atom is -0.493 e. The summed E-state index contributed by atoms with van der Waals surface area (Å²) in [5, 5.41) is 0.591. The first-order valence-corrected chi connectivity index (χ1v) is 9.37. The van der Waals surface area contributed by atoms with Crippen LogP contribution in [0.2, 0.25) is 0 Å². The number of hydrogen-bond donors (Lipinski definition) is 0. The summed E-state index contributed by atoms with van der Waals surface area (Å²) >= 11 is 4.32. The second-order valence-corrected chi connectivity index (χ2v) is 7.56. The van der Waals surface area contributed by atoms with Crippen molar-refractivity contribution in [1.29, 1.82) is 0 Å². The maximum Gasteiger partial charge on any atom is 0.200 e. The normalized spacial score (nSPS) is 16.7. The highest BCUT2D eigenvalue weighted by molar-refractivity contribution is 8.02. The van der Waals surface area contributed by atoms with Crippen molar-refractivity contribution in [3.8, 4) is 11.5 Å². The van der Waals surface area contributed by atoms with E-state index in [0.29, 0.717) is 23.5 Å². The van der Waals surface area contributed by atoms with E-state index in [1.54, 1.807) is 20.3 Å². The molecule has 1 aliphatic rings. The maximum atomic E-state index is 12.6. The van der Waals surface area contributed by atoms with Crippen molar-refractivity contribution >= 4 is 40.8 Å². The molecule has 2 aromatic rings. The predicted octanol–water partition coefficient (Wildman–Crippen LogP) is 3.18. The van der Waals surface area contributed by atoms with Crippen LogP contribution in [0, 0.1) is 0 Å². The Morgan fingerprint density at radius 3 is 2.64 bits per heavy atom. The first kappa shape index (κ1) is 15.6. The van der Waals surface area contributed by atoms with E-state index in [9.17, 15) is 4.79 Å². The van der Waals surface area contributed by atoms with Gasteiger partial charge in [0.25, 0.3) is 0 Å². The average Bonchev–Trinajstić information content (AvgIpc) is 3.11. The number of benzene rings is 1. The topological polar surface area (TPSA) is 61.3 Å². The standard InChI is InChI=1S/C14H14N2O3S3/c1-18-9-4-7-5-11(12(17)8(7)6-10(9)19-2)21-14-15-13(20-3)16-22-14/h4,6,11H,5H2,1-3H3/t11-/m0/s1. The molecule has 116 valence electrons. The van der Waals surface area contributed by atoms with Gasteiger partial charge in [0.1, 0.15) is 0 Å². The molecule has 0 fully saturated rings. The molecule has 0 bridgehead atoms. The number of ether oxygens (including phenoxy) is 2. The van der Waals surface area contributed by atoms with Crippen LogP contribution in [0.1, 0.15) is 15.9 Å². The smallest absolute Gasteiger partial charge is 0.200 e. The zero-order valence-corrected chi connectivity index (χ0v) is 14.7. The third-order valence-electron chi connectivity index (χ3n) is 3.39. The highest BCUT2D eigenvalue weighted by Gasteiger charge is 2.33. The van der Waals surface area contributed by atoms with E-state index in [-0.39, 0.29) is 11.0 Å². The van der Waals surface area contributed by atoms with E-state index >= 15 is 0 Å². The highest BCUT2D eigenvalue weighted by Crippen LogP contribution is 2.40. The lowest BCUT2D eigenvalue weighted by Gasteiger charge is -2.09. The van der Waals surface area contributed by atoms with Crippen LogP contribution >= 0.6 is 35.1 Å². The van der Waals surface area contributed by atoms with Gasteiger partial charge in [-0.15, -0.1) is 0 Å². The van der Waals surface area contributed by atoms with E-state index in [4.69, 9.17) is 9.47 Å². The number of fused-ring (bicyclic) bond motifs is 1. The molecular weight excluding hydrogens is 340 g/mol. The molecule has 22 heavy (non-hydrogen) atoms. The molecular formula is C14H14N2O3S3. The largest absolute Gasteiger partial charge is 0.493 e. The molecule has 1 aromatic carbocycles. The number of carbonyl (C=O) groups is 1. The third-order valence-corrected chi connectivity index (χ3v) is 6.03. The van der Waals surface area contributed by atoms with Gasteiger partial charge in [-0.25, -0.2) is 4.98 Å². The zero-order chi connectivity index (χ0) is 15.7. The number of carbonyl (C=O) groups excluding carboxylic acids is 1. The molecule has 1 heterocycles. The molecule has 1 aromatic heterocycles. The molecule has 8 heteroatoms. The number of thioether (sulfide) groups is 2. The number of Topliss-reactive ketones (excluding diaryl/α,β-unsaturated/α-hetero) is 1. The lowest BCUT2D eigenvalue weighted by Crippen LogP contribution is -2.10. The summed E-state index contributed by atoms with van der Waals surface area (Å²) in [5.74, 6) is 1.35. The average molecular weight is 354 g/mol. The van der Waals surface area contributed by atoms with Gasteiger partial charge in [-0.2, -0.15) is 4.37 Å². The van der Waals surface area contributed by atoms with Gasteiger partial charge >= 0.3 is 0 Å². The predicted molar refractivity (Wildman–Crippen MR) is 88.9 cm³/mol. The molecule has 1 atom stereocenters. The Bertz CT molecular complexity index is 717. The van der Waals surface area contributed by atoms with E-state index in [2.05, 4.69) is 9.36 Å². The van der Waals surface area contributed by atoms with E-state index in [0.717, 1.165) is 15.1 Å². The Kier molecular flexibility index (Phi) is 4.60. The lowest BCUT2D eigenvalue weighted by molar-refractivity contribution is 0.1000. The molecule has 5 nitrogen and oxygen atoms in total. The quantitative estimate of drug-likeness (QED) is 0.764. The second-order valence-electron chi connectivity index (χ2n) is 4.59. The summed E-state index contributed by atoms with van der Waals surface area (Å²) < 4.78 is 15.6. The van der Waals surface area contributed by atoms with Crippen molar-refractivity contribution in [2.45, 2.75) is 21.2 Å². The van der Waals surface area contributed by atoms with Crippen LogP contribution in [0.25, 0.3) is 0 Å². The fourth-order valence-corrected chi connectivity index (χ4v) is 4.87. The van der Waals surface area contributed by atoms with Crippen molar-refractivity contribution in [2.24, 2.45) is 0 Å². The summed E-state index contributed by atoms with van der Waals surface area (Å²) in [6.45, 7) is 0. The second kappa shape index (κ2) is 6.47. The summed E-state index contributed by atoms with van der Waals surface area (Å²) in [7, 11) is 3.17. The number of methoxy groups -OCH3 is 2. The van der Waals surface area contributed by atoms with E-state index < -0.39 is 0 Å². The molecule has 0 unspecified atom stereocenters. The molecule has 0 spiro atoms. The monoisotopic (exact) mass is 354 g/mol. The number of rotatable bonds is 5. The van der Waals surface area contributed by atoms with Gasteiger partial charge in [0.05, 0.1) is 19.5 Å². The molecule has 0 aliphatic heterocycles. The maximum absolute atomic E-state index is 12.6. The van der Waals surface area contributed by atoms with Crippen molar-refractivity contribution in [2.75, 3.05) is 20.5 Å². The Morgan fingerprint density at radius 2 is 2.00 bits per heavy atom. The van der Waals surface area contributed by atoms with Crippen LogP contribution in [0.4, 0.5) is 0 Å². The van der Waals surface area contributed by atoms with Crippen molar-refractivity contribution < 1.29 is 14.3 Å². The summed E-state index contributed by atoms with van der Waals surface area (Å²) in [5.41, 5.74) is 1.71. The van der Waals surface area contributed by atoms with Crippen molar-refractivity contribution in [3.63, 3.8) is 0 Å². The van der Waals surface area contributed by atoms with Crippen molar-refractivity contribution in [3.05, 3.63) is 23.3 Å². The van der Waals surface area contributed by atoms with Gasteiger partial charge in [0.15, 0.2) is 21.6 Å². The van der Waals surface area contributed by atoms with E-state index in [1.165, 1.54) is 35.1 Å². The fourth-order valence-electron chi connectivity index (χ4n) is 2.33. The zero-order valence-electron chi connectivity index (χ0n) is 12.3. The van der Waals surface area contributed by atoms with Crippen LogP contribution in [0.15, 0.2) is 21.6 Å². The molecule has 0 radical (unpaired) electrons. The number of aromatic nitrogens is 2. The van der Waals surface area contributed by atoms with Crippen LogP contribution in [-0.2, 0) is 6.42 Å². The SMILES string of the molecule is COc1cc2c(cc1OC)C(=O)[C@@H](Sc1nc(SC)ns1)C2. The Morgan fingerprint density at radius 1 is 1.27 bits per heavy atom. The number of nitrogens with zero attached hydrogens (tertiary/aromatic N) is 2. The third kappa shape index (κ3) is 2.82. The Balaban J connectivity index is 1.84. The van der Waals surface area contributed by atoms with Gasteiger partial charge < -0.3 is 9.47 Å².